The lowest BCUT2D eigenvalue weighted by Gasteiger charge is -2.18. The number of aromatic nitrogens is 1. The number of nitrogens with zero attached hydrogens (tertiary/aromatic N) is 2. The van der Waals surface area contributed by atoms with Gasteiger partial charge in [-0.05, 0) is 13.8 Å². The van der Waals surface area contributed by atoms with Crippen LogP contribution in [-0.4, -0.2) is 17.1 Å². The van der Waals surface area contributed by atoms with E-state index in [1.165, 1.54) is 6.26 Å². The number of hydrogen-bond donors (Lipinski definition) is 0. The molecular formula is C8H10N2O2. The van der Waals surface area contributed by atoms with Gasteiger partial charge in [-0.1, -0.05) is 5.16 Å². The van der Waals surface area contributed by atoms with Crippen molar-refractivity contribution >= 4 is 11.7 Å². The van der Waals surface area contributed by atoms with Crippen LogP contribution in [0.2, 0.25) is 0 Å². The fraction of sp³-hybridized carbons (Fsp3) is 0.500. The molecule has 0 saturated carbocycles. The second-order valence-electron chi connectivity index (χ2n) is 3.20. The molecule has 2 heterocycles. The standard InChI is InChI=1S/C8H10N2O2/c1-5(2)10-7(11)3-6-4-12-9-8(6)10/h4-5H,3H2,1-2H3. The van der Waals surface area contributed by atoms with Crippen molar-refractivity contribution in [1.29, 1.82) is 0 Å². The zero-order chi connectivity index (χ0) is 8.72. The quantitative estimate of drug-likeness (QED) is 0.624. The number of amides is 1. The zero-order valence-electron chi connectivity index (χ0n) is 7.07. The average molecular weight is 166 g/mol. The fourth-order valence-electron chi connectivity index (χ4n) is 1.47. The normalized spacial score (nSPS) is 15.9. The molecule has 0 aromatic carbocycles. The molecule has 0 radical (unpaired) electrons. The Kier molecular flexibility index (Phi) is 1.43. The summed E-state index contributed by atoms with van der Waals surface area (Å²) in [6.07, 6.45) is 1.96. The third kappa shape index (κ3) is 0.841. The Morgan fingerprint density at radius 1 is 1.67 bits per heavy atom. The molecule has 0 fully saturated rings. The first-order valence-corrected chi connectivity index (χ1v) is 3.95. The van der Waals surface area contributed by atoms with E-state index < -0.39 is 0 Å². The van der Waals surface area contributed by atoms with Crippen LogP contribution in [-0.2, 0) is 11.2 Å². The van der Waals surface area contributed by atoms with Crippen LogP contribution in [0.5, 0.6) is 0 Å². The lowest BCUT2D eigenvalue weighted by Crippen LogP contribution is -2.33. The SMILES string of the molecule is CC(C)N1C(=O)Cc2conc21. The Balaban J connectivity index is 2.42. The van der Waals surface area contributed by atoms with Gasteiger partial charge in [0.1, 0.15) is 6.26 Å². The van der Waals surface area contributed by atoms with Crippen molar-refractivity contribution in [2.75, 3.05) is 4.90 Å². The highest BCUT2D eigenvalue weighted by atomic mass is 16.5. The molecule has 1 aromatic heterocycles. The first kappa shape index (κ1) is 7.34. The van der Waals surface area contributed by atoms with Crippen LogP contribution >= 0.6 is 0 Å². The highest BCUT2D eigenvalue weighted by molar-refractivity contribution is 6.00. The monoisotopic (exact) mass is 166 g/mol. The van der Waals surface area contributed by atoms with Crippen molar-refractivity contribution in [1.82, 2.24) is 5.16 Å². The predicted molar refractivity (Wildman–Crippen MR) is 42.8 cm³/mol. The molecule has 0 aliphatic carbocycles. The second-order valence-corrected chi connectivity index (χ2v) is 3.20. The van der Waals surface area contributed by atoms with E-state index in [4.69, 9.17) is 4.52 Å². The van der Waals surface area contributed by atoms with Gasteiger partial charge in [0.15, 0.2) is 5.82 Å². The highest BCUT2D eigenvalue weighted by Crippen LogP contribution is 2.28. The van der Waals surface area contributed by atoms with Crippen molar-refractivity contribution in [2.45, 2.75) is 26.3 Å². The molecule has 1 aliphatic heterocycles. The summed E-state index contributed by atoms with van der Waals surface area (Å²) in [7, 11) is 0. The maximum atomic E-state index is 11.4. The molecule has 0 spiro atoms. The number of fused-ring (bicyclic) bond motifs is 1. The smallest absolute Gasteiger partial charge is 0.233 e. The van der Waals surface area contributed by atoms with E-state index in [2.05, 4.69) is 5.16 Å². The lowest BCUT2D eigenvalue weighted by molar-refractivity contribution is -0.117. The summed E-state index contributed by atoms with van der Waals surface area (Å²) < 4.78 is 4.77. The second kappa shape index (κ2) is 2.33. The molecule has 12 heavy (non-hydrogen) atoms. The Labute approximate surface area is 70.1 Å². The van der Waals surface area contributed by atoms with Crippen LogP contribution in [0.15, 0.2) is 10.8 Å². The van der Waals surface area contributed by atoms with Gasteiger partial charge >= 0.3 is 0 Å². The number of carbonyl (C=O) groups excluding carboxylic acids is 1. The Bertz CT molecular complexity index is 317. The number of rotatable bonds is 1. The van der Waals surface area contributed by atoms with E-state index in [1.807, 2.05) is 13.8 Å². The van der Waals surface area contributed by atoms with Gasteiger partial charge in [-0.25, -0.2) is 0 Å². The third-order valence-corrected chi connectivity index (χ3v) is 1.98. The molecule has 1 aromatic rings. The lowest BCUT2D eigenvalue weighted by atomic mass is 10.3. The molecule has 0 atom stereocenters. The highest BCUT2D eigenvalue weighted by Gasteiger charge is 2.32. The maximum Gasteiger partial charge on any atom is 0.233 e. The molecule has 4 heteroatoms. The van der Waals surface area contributed by atoms with E-state index in [9.17, 15) is 4.79 Å². The third-order valence-electron chi connectivity index (χ3n) is 1.98. The molecule has 64 valence electrons. The van der Waals surface area contributed by atoms with Crippen LogP contribution in [0.25, 0.3) is 0 Å². The molecule has 0 bridgehead atoms. The Hall–Kier alpha value is -1.32. The summed E-state index contributed by atoms with van der Waals surface area (Å²) >= 11 is 0. The van der Waals surface area contributed by atoms with Gasteiger partial charge in [0.2, 0.25) is 5.91 Å². The first-order valence-electron chi connectivity index (χ1n) is 3.95. The van der Waals surface area contributed by atoms with Crippen molar-refractivity contribution in [3.63, 3.8) is 0 Å². The number of carbonyl (C=O) groups is 1. The summed E-state index contributed by atoms with van der Waals surface area (Å²) in [5.74, 6) is 0.799. The number of hydrogen-bond acceptors (Lipinski definition) is 3. The zero-order valence-corrected chi connectivity index (χ0v) is 7.07. The molecule has 1 aliphatic rings. The topological polar surface area (TPSA) is 46.3 Å². The largest absolute Gasteiger partial charge is 0.362 e. The van der Waals surface area contributed by atoms with E-state index in [0.29, 0.717) is 12.2 Å². The maximum absolute atomic E-state index is 11.4. The van der Waals surface area contributed by atoms with Crippen LogP contribution in [0.1, 0.15) is 19.4 Å². The average Bonchev–Trinajstić information content (AvgIpc) is 2.44. The molecular weight excluding hydrogens is 156 g/mol. The van der Waals surface area contributed by atoms with Crippen molar-refractivity contribution < 1.29 is 9.32 Å². The molecule has 0 saturated heterocycles. The van der Waals surface area contributed by atoms with Crippen LogP contribution in [0.3, 0.4) is 0 Å². The molecule has 2 rings (SSSR count). The summed E-state index contributed by atoms with van der Waals surface area (Å²) in [5, 5.41) is 3.78. The van der Waals surface area contributed by atoms with Crippen LogP contribution in [0.4, 0.5) is 5.82 Å². The van der Waals surface area contributed by atoms with Crippen molar-refractivity contribution in [2.24, 2.45) is 0 Å². The van der Waals surface area contributed by atoms with Crippen molar-refractivity contribution in [3.05, 3.63) is 11.8 Å². The van der Waals surface area contributed by atoms with Gasteiger partial charge in [-0.2, -0.15) is 0 Å². The van der Waals surface area contributed by atoms with E-state index in [0.717, 1.165) is 5.56 Å². The molecule has 0 N–H and O–H groups in total. The van der Waals surface area contributed by atoms with Gasteiger partial charge in [-0.15, -0.1) is 0 Å². The van der Waals surface area contributed by atoms with E-state index >= 15 is 0 Å². The van der Waals surface area contributed by atoms with E-state index in [1.54, 1.807) is 4.90 Å². The van der Waals surface area contributed by atoms with Gasteiger partial charge in [0.05, 0.1) is 6.42 Å². The predicted octanol–water partition coefficient (Wildman–Crippen LogP) is 0.972. The van der Waals surface area contributed by atoms with Gasteiger partial charge in [-0.3, -0.25) is 9.69 Å². The minimum absolute atomic E-state index is 0.110. The summed E-state index contributed by atoms with van der Waals surface area (Å²) in [6.45, 7) is 3.92. The fourth-order valence-corrected chi connectivity index (χ4v) is 1.47. The summed E-state index contributed by atoms with van der Waals surface area (Å²) in [6, 6.07) is 0.156. The summed E-state index contributed by atoms with van der Waals surface area (Å²) in [4.78, 5) is 13.0. The van der Waals surface area contributed by atoms with E-state index in [-0.39, 0.29) is 11.9 Å². The minimum atomic E-state index is 0.110. The van der Waals surface area contributed by atoms with Gasteiger partial charge in [0.25, 0.3) is 0 Å². The van der Waals surface area contributed by atoms with Crippen LogP contribution < -0.4 is 4.90 Å². The first-order chi connectivity index (χ1) is 5.70. The Morgan fingerprint density at radius 2 is 2.42 bits per heavy atom. The van der Waals surface area contributed by atoms with Crippen LogP contribution in [0, 0.1) is 0 Å². The Morgan fingerprint density at radius 3 is 3.08 bits per heavy atom. The molecule has 4 nitrogen and oxygen atoms in total. The van der Waals surface area contributed by atoms with Crippen molar-refractivity contribution in [3.8, 4) is 0 Å². The molecule has 0 unspecified atom stereocenters. The molecule has 1 amide bonds. The van der Waals surface area contributed by atoms with Gasteiger partial charge < -0.3 is 4.52 Å². The minimum Gasteiger partial charge on any atom is -0.362 e. The summed E-state index contributed by atoms with van der Waals surface area (Å²) in [5.41, 5.74) is 0.897. The van der Waals surface area contributed by atoms with Gasteiger partial charge in [0, 0.05) is 11.6 Å². The number of anilines is 1.